The summed E-state index contributed by atoms with van der Waals surface area (Å²) in [6.45, 7) is 2.19. The SMILES string of the molecule is CC(=O)N[C@@H](CS)C(=O)O.CN(Cc1cc(Br)cc(Br)c1N)C1CCCCC1. The monoisotopic (exact) mass is 537 g/mol. The molecule has 9 heteroatoms. The molecule has 1 saturated carbocycles. The molecule has 0 aliphatic heterocycles. The zero-order valence-corrected chi connectivity index (χ0v) is 20.3. The summed E-state index contributed by atoms with van der Waals surface area (Å²) in [6.07, 6.45) is 6.78. The minimum absolute atomic E-state index is 0.106. The maximum Gasteiger partial charge on any atom is 0.327 e. The number of aliphatic carboxylic acids is 1. The fourth-order valence-corrected chi connectivity index (χ4v) is 4.68. The molecule has 0 aromatic heterocycles. The lowest BCUT2D eigenvalue weighted by atomic mass is 9.94. The zero-order valence-electron chi connectivity index (χ0n) is 16.3. The van der Waals surface area contributed by atoms with Crippen LogP contribution in [-0.4, -0.2) is 46.8 Å². The van der Waals surface area contributed by atoms with Gasteiger partial charge in [-0.1, -0.05) is 35.2 Å². The molecule has 1 aromatic carbocycles. The molecule has 0 bridgehead atoms. The van der Waals surface area contributed by atoms with Gasteiger partial charge >= 0.3 is 5.97 Å². The van der Waals surface area contributed by atoms with Gasteiger partial charge in [0.15, 0.2) is 0 Å². The van der Waals surface area contributed by atoms with Crippen molar-refractivity contribution in [1.82, 2.24) is 10.2 Å². The fraction of sp³-hybridized carbons (Fsp3) is 0.579. The van der Waals surface area contributed by atoms with Crippen molar-refractivity contribution in [3.05, 3.63) is 26.6 Å². The number of hydrogen-bond donors (Lipinski definition) is 4. The van der Waals surface area contributed by atoms with Crippen molar-refractivity contribution < 1.29 is 14.7 Å². The van der Waals surface area contributed by atoms with Gasteiger partial charge in [0.05, 0.1) is 5.69 Å². The molecule has 0 spiro atoms. The first-order valence-electron chi connectivity index (χ1n) is 9.20. The third kappa shape index (κ3) is 8.71. The van der Waals surface area contributed by atoms with Crippen molar-refractivity contribution in [2.45, 2.75) is 57.7 Å². The zero-order chi connectivity index (χ0) is 21.3. The van der Waals surface area contributed by atoms with Crippen LogP contribution in [-0.2, 0) is 16.1 Å². The van der Waals surface area contributed by atoms with Gasteiger partial charge in [0.25, 0.3) is 0 Å². The normalized spacial score (nSPS) is 15.5. The number of hydrogen-bond acceptors (Lipinski definition) is 5. The Hall–Kier alpha value is -0.770. The number of carbonyl (C=O) groups is 2. The average Bonchev–Trinajstić information content (AvgIpc) is 2.64. The molecule has 28 heavy (non-hydrogen) atoms. The number of halogens is 2. The number of benzene rings is 1. The Morgan fingerprint density at radius 2 is 1.93 bits per heavy atom. The summed E-state index contributed by atoms with van der Waals surface area (Å²) in [5, 5.41) is 10.6. The second kappa shape index (κ2) is 12.7. The average molecular weight is 539 g/mol. The maximum absolute atomic E-state index is 10.3. The molecule has 1 atom stereocenters. The van der Waals surface area contributed by atoms with Crippen molar-refractivity contribution in [3.63, 3.8) is 0 Å². The van der Waals surface area contributed by atoms with E-state index in [0.29, 0.717) is 0 Å². The molecule has 1 aliphatic rings. The van der Waals surface area contributed by atoms with Gasteiger partial charge in [-0.2, -0.15) is 12.6 Å². The summed E-state index contributed by atoms with van der Waals surface area (Å²) in [5.41, 5.74) is 8.20. The standard InChI is InChI=1S/C14H20Br2N2.C5H9NO3S/c1-18(12-5-3-2-4-6-12)9-10-7-11(15)8-13(16)14(10)17;1-3(7)6-4(2-10)5(8)9/h7-8,12H,2-6,9,17H2,1H3;4,10H,2H2,1H3,(H,6,7)(H,8,9)/t;4-/m.0/s1. The molecular formula is C19H29Br2N3O3S. The third-order valence-corrected chi connectivity index (χ3v) is 6.14. The predicted octanol–water partition coefficient (Wildman–Crippen LogP) is 4.06. The molecule has 2 rings (SSSR count). The number of nitrogens with two attached hydrogens (primary N) is 1. The van der Waals surface area contributed by atoms with E-state index in [9.17, 15) is 9.59 Å². The summed E-state index contributed by atoms with van der Waals surface area (Å²) < 4.78 is 2.06. The van der Waals surface area contributed by atoms with Gasteiger partial charge < -0.3 is 16.2 Å². The number of carboxylic acid groups (broad SMARTS) is 1. The number of nitrogen functional groups attached to an aromatic ring is 1. The number of nitrogens with one attached hydrogen (secondary N) is 1. The van der Waals surface area contributed by atoms with Gasteiger partial charge in [-0.3, -0.25) is 9.69 Å². The molecule has 6 nitrogen and oxygen atoms in total. The van der Waals surface area contributed by atoms with Crippen molar-refractivity contribution in [3.8, 4) is 0 Å². The third-order valence-electron chi connectivity index (χ3n) is 4.66. The van der Waals surface area contributed by atoms with Crippen LogP contribution in [0.2, 0.25) is 0 Å². The second-order valence-electron chi connectivity index (χ2n) is 6.94. The lowest BCUT2D eigenvalue weighted by Gasteiger charge is -2.31. The maximum atomic E-state index is 10.3. The lowest BCUT2D eigenvalue weighted by molar-refractivity contribution is -0.140. The van der Waals surface area contributed by atoms with E-state index in [2.05, 4.69) is 67.8 Å². The number of rotatable bonds is 6. The van der Waals surface area contributed by atoms with Crippen molar-refractivity contribution in [1.29, 1.82) is 0 Å². The van der Waals surface area contributed by atoms with Crippen LogP contribution in [0.25, 0.3) is 0 Å². The van der Waals surface area contributed by atoms with Gasteiger partial charge in [-0.15, -0.1) is 0 Å². The van der Waals surface area contributed by atoms with E-state index >= 15 is 0 Å². The van der Waals surface area contributed by atoms with E-state index < -0.39 is 12.0 Å². The number of anilines is 1. The van der Waals surface area contributed by atoms with E-state index in [4.69, 9.17) is 10.8 Å². The minimum Gasteiger partial charge on any atom is -0.480 e. The summed E-state index contributed by atoms with van der Waals surface area (Å²) in [6, 6.07) is 3.97. The van der Waals surface area contributed by atoms with Crippen molar-refractivity contribution in [2.24, 2.45) is 0 Å². The molecule has 1 amide bonds. The molecule has 4 N–H and O–H groups in total. The first-order valence-corrected chi connectivity index (χ1v) is 11.4. The van der Waals surface area contributed by atoms with Crippen LogP contribution in [0.4, 0.5) is 5.69 Å². The minimum atomic E-state index is -1.06. The molecule has 0 unspecified atom stereocenters. The van der Waals surface area contributed by atoms with Gasteiger partial charge in [-0.25, -0.2) is 4.79 Å². The van der Waals surface area contributed by atoms with E-state index in [1.165, 1.54) is 44.6 Å². The Morgan fingerprint density at radius 3 is 2.39 bits per heavy atom. The second-order valence-corrected chi connectivity index (χ2v) is 9.08. The fourth-order valence-electron chi connectivity index (χ4n) is 3.12. The molecule has 0 saturated heterocycles. The van der Waals surface area contributed by atoms with E-state index in [-0.39, 0.29) is 11.7 Å². The van der Waals surface area contributed by atoms with Crippen LogP contribution >= 0.6 is 44.5 Å². The molecule has 158 valence electrons. The summed E-state index contributed by atoms with van der Waals surface area (Å²) in [7, 11) is 2.21. The Bertz CT molecular complexity index is 670. The Labute approximate surface area is 189 Å². The van der Waals surface area contributed by atoms with Gasteiger partial charge in [-0.05, 0) is 53.5 Å². The van der Waals surface area contributed by atoms with E-state index in [1.807, 2.05) is 6.07 Å². The number of thiol groups is 1. The van der Waals surface area contributed by atoms with Gasteiger partial charge in [0, 0.05) is 34.2 Å². The topological polar surface area (TPSA) is 95.7 Å². The van der Waals surface area contributed by atoms with Crippen molar-refractivity contribution in [2.75, 3.05) is 18.5 Å². The molecule has 1 aromatic rings. The molecule has 1 fully saturated rings. The van der Waals surface area contributed by atoms with Crippen LogP contribution in [0.3, 0.4) is 0 Å². The van der Waals surface area contributed by atoms with Crippen LogP contribution < -0.4 is 11.1 Å². The highest BCUT2D eigenvalue weighted by molar-refractivity contribution is 9.11. The van der Waals surface area contributed by atoms with E-state index in [1.54, 1.807) is 0 Å². The van der Waals surface area contributed by atoms with Crippen LogP contribution in [0, 0.1) is 0 Å². The van der Waals surface area contributed by atoms with Gasteiger partial charge in [0.2, 0.25) is 5.91 Å². The summed E-state index contributed by atoms with van der Waals surface area (Å²) >= 11 is 10.8. The molecule has 0 heterocycles. The molecule has 1 aliphatic carbocycles. The molecule has 0 radical (unpaired) electrons. The highest BCUT2D eigenvalue weighted by Crippen LogP contribution is 2.30. The Morgan fingerprint density at radius 1 is 1.32 bits per heavy atom. The van der Waals surface area contributed by atoms with Crippen molar-refractivity contribution >= 4 is 62.1 Å². The smallest absolute Gasteiger partial charge is 0.327 e. The number of nitrogens with zero attached hydrogens (tertiary/aromatic N) is 1. The number of carboxylic acids is 1. The molecular weight excluding hydrogens is 510 g/mol. The van der Waals surface area contributed by atoms with Crippen LogP contribution in [0.15, 0.2) is 21.1 Å². The predicted molar refractivity (Wildman–Crippen MR) is 124 cm³/mol. The summed E-state index contributed by atoms with van der Waals surface area (Å²) in [5.74, 6) is -1.32. The Balaban J connectivity index is 0.000000336. The highest BCUT2D eigenvalue weighted by Gasteiger charge is 2.19. The van der Waals surface area contributed by atoms with Crippen LogP contribution in [0.1, 0.15) is 44.6 Å². The number of carbonyl (C=O) groups excluding carboxylic acids is 1. The number of amides is 1. The van der Waals surface area contributed by atoms with Gasteiger partial charge in [0.1, 0.15) is 6.04 Å². The Kier molecular flexibility index (Phi) is 11.5. The van der Waals surface area contributed by atoms with E-state index in [0.717, 1.165) is 27.2 Å². The first-order chi connectivity index (χ1) is 13.1. The quantitative estimate of drug-likeness (QED) is 0.323. The lowest BCUT2D eigenvalue weighted by Crippen LogP contribution is -2.40. The van der Waals surface area contributed by atoms with Crippen LogP contribution in [0.5, 0.6) is 0 Å². The highest BCUT2D eigenvalue weighted by atomic mass is 79.9. The first kappa shape index (κ1) is 25.3. The largest absolute Gasteiger partial charge is 0.480 e. The summed E-state index contributed by atoms with van der Waals surface area (Å²) in [4.78, 5) is 23.0.